The first kappa shape index (κ1) is 19.2. The van der Waals surface area contributed by atoms with Crippen molar-refractivity contribution in [3.05, 3.63) is 46.2 Å². The van der Waals surface area contributed by atoms with Crippen molar-refractivity contribution in [1.82, 2.24) is 9.80 Å². The van der Waals surface area contributed by atoms with Gasteiger partial charge in [0.1, 0.15) is 11.5 Å². The summed E-state index contributed by atoms with van der Waals surface area (Å²) in [6, 6.07) is 7.21. The van der Waals surface area contributed by atoms with Crippen LogP contribution in [0.3, 0.4) is 0 Å². The van der Waals surface area contributed by atoms with Crippen LogP contribution in [0.1, 0.15) is 22.3 Å². The highest BCUT2D eigenvalue weighted by molar-refractivity contribution is 7.07. The van der Waals surface area contributed by atoms with E-state index in [-0.39, 0.29) is 11.8 Å². The average Bonchev–Trinajstić information content (AvgIpc) is 3.24. The number of carbonyl (C=O) groups is 2. The molecular formula is C20H24N2O4S. The number of thiophene rings is 1. The predicted octanol–water partition coefficient (Wildman–Crippen LogP) is 2.68. The minimum Gasteiger partial charge on any atom is -0.497 e. The summed E-state index contributed by atoms with van der Waals surface area (Å²) in [6.07, 6.45) is 1.28. The highest BCUT2D eigenvalue weighted by Crippen LogP contribution is 2.24. The fraction of sp³-hybridized carbons (Fsp3) is 0.400. The van der Waals surface area contributed by atoms with Crippen molar-refractivity contribution in [2.75, 3.05) is 40.4 Å². The second kappa shape index (κ2) is 8.90. The Balaban J connectivity index is 1.55. The van der Waals surface area contributed by atoms with Crippen LogP contribution in [0.25, 0.3) is 0 Å². The van der Waals surface area contributed by atoms with Crippen molar-refractivity contribution in [3.63, 3.8) is 0 Å². The fourth-order valence-electron chi connectivity index (χ4n) is 3.12. The number of nitrogens with zero attached hydrogens (tertiary/aromatic N) is 2. The van der Waals surface area contributed by atoms with Crippen LogP contribution in [0.4, 0.5) is 0 Å². The highest BCUT2D eigenvalue weighted by atomic mass is 32.1. The van der Waals surface area contributed by atoms with Gasteiger partial charge in [-0.1, -0.05) is 0 Å². The summed E-state index contributed by atoms with van der Waals surface area (Å²) in [7, 11) is 3.12. The molecule has 0 spiro atoms. The summed E-state index contributed by atoms with van der Waals surface area (Å²) in [5.41, 5.74) is 1.73. The van der Waals surface area contributed by atoms with Gasteiger partial charge in [0.25, 0.3) is 5.91 Å². The molecule has 3 rings (SSSR count). The number of rotatable bonds is 6. The first-order chi connectivity index (χ1) is 13.1. The molecule has 1 saturated heterocycles. The summed E-state index contributed by atoms with van der Waals surface area (Å²) < 4.78 is 10.5. The van der Waals surface area contributed by atoms with E-state index >= 15 is 0 Å². The van der Waals surface area contributed by atoms with Gasteiger partial charge in [0.15, 0.2) is 0 Å². The van der Waals surface area contributed by atoms with Crippen LogP contribution in [-0.2, 0) is 11.2 Å². The van der Waals surface area contributed by atoms with E-state index in [2.05, 4.69) is 11.4 Å². The van der Waals surface area contributed by atoms with Crippen LogP contribution in [0, 0.1) is 0 Å². The summed E-state index contributed by atoms with van der Waals surface area (Å²) in [5.74, 6) is 1.24. The molecular weight excluding hydrogens is 364 g/mol. The highest BCUT2D eigenvalue weighted by Gasteiger charge is 2.25. The lowest BCUT2D eigenvalue weighted by atomic mass is 10.1. The Hall–Kier alpha value is -2.54. The van der Waals surface area contributed by atoms with Crippen LogP contribution in [-0.4, -0.2) is 62.0 Å². The molecule has 27 heavy (non-hydrogen) atoms. The second-order valence-corrected chi connectivity index (χ2v) is 7.19. The third-order valence-electron chi connectivity index (χ3n) is 4.73. The van der Waals surface area contributed by atoms with Crippen LogP contribution in [0.5, 0.6) is 11.5 Å². The molecule has 1 aliphatic heterocycles. The Kier molecular flexibility index (Phi) is 6.34. The maximum Gasteiger partial charge on any atom is 0.254 e. The van der Waals surface area contributed by atoms with Gasteiger partial charge in [-0.05, 0) is 40.9 Å². The molecule has 1 aromatic carbocycles. The summed E-state index contributed by atoms with van der Waals surface area (Å²) in [6.45, 7) is 2.19. The quantitative estimate of drug-likeness (QED) is 0.763. The molecule has 144 valence electrons. The van der Waals surface area contributed by atoms with Crippen molar-refractivity contribution in [1.29, 1.82) is 0 Å². The number of amides is 2. The molecule has 2 aromatic rings. The van der Waals surface area contributed by atoms with Gasteiger partial charge in [0.05, 0.1) is 14.2 Å². The number of methoxy groups -OCH3 is 2. The monoisotopic (exact) mass is 388 g/mol. The molecule has 1 aromatic heterocycles. The van der Waals surface area contributed by atoms with E-state index in [1.165, 1.54) is 5.56 Å². The van der Waals surface area contributed by atoms with E-state index in [4.69, 9.17) is 9.47 Å². The van der Waals surface area contributed by atoms with Gasteiger partial charge in [-0.15, -0.1) is 0 Å². The smallest absolute Gasteiger partial charge is 0.254 e. The molecule has 0 atom stereocenters. The lowest BCUT2D eigenvalue weighted by Gasteiger charge is -2.35. The molecule has 1 aliphatic rings. The Morgan fingerprint density at radius 2 is 1.63 bits per heavy atom. The number of carbonyl (C=O) groups excluding carboxylic acids is 2. The first-order valence-corrected chi connectivity index (χ1v) is 9.86. The number of piperazine rings is 1. The Morgan fingerprint density at radius 1 is 1.00 bits per heavy atom. The van der Waals surface area contributed by atoms with Gasteiger partial charge in [-0.2, -0.15) is 11.3 Å². The zero-order chi connectivity index (χ0) is 19.2. The van der Waals surface area contributed by atoms with Gasteiger partial charge in [0, 0.05) is 44.2 Å². The predicted molar refractivity (Wildman–Crippen MR) is 105 cm³/mol. The van der Waals surface area contributed by atoms with Crippen molar-refractivity contribution >= 4 is 23.2 Å². The molecule has 0 saturated carbocycles. The zero-order valence-corrected chi connectivity index (χ0v) is 16.5. The average molecular weight is 388 g/mol. The Morgan fingerprint density at radius 3 is 2.19 bits per heavy atom. The lowest BCUT2D eigenvalue weighted by Crippen LogP contribution is -2.50. The molecule has 2 amide bonds. The summed E-state index contributed by atoms with van der Waals surface area (Å²) >= 11 is 1.65. The molecule has 7 heteroatoms. The van der Waals surface area contributed by atoms with E-state index < -0.39 is 0 Å². The van der Waals surface area contributed by atoms with E-state index in [0.29, 0.717) is 49.7 Å². The largest absolute Gasteiger partial charge is 0.497 e. The van der Waals surface area contributed by atoms with E-state index in [1.807, 2.05) is 10.3 Å². The molecule has 0 radical (unpaired) electrons. The molecule has 1 fully saturated rings. The van der Waals surface area contributed by atoms with Crippen LogP contribution in [0.2, 0.25) is 0 Å². The number of ether oxygens (including phenoxy) is 2. The molecule has 0 N–H and O–H groups in total. The van der Waals surface area contributed by atoms with Gasteiger partial charge in [-0.3, -0.25) is 9.59 Å². The van der Waals surface area contributed by atoms with E-state index in [1.54, 1.807) is 48.7 Å². The van der Waals surface area contributed by atoms with Gasteiger partial charge in [-0.25, -0.2) is 0 Å². The lowest BCUT2D eigenvalue weighted by molar-refractivity contribution is -0.132. The molecule has 6 nitrogen and oxygen atoms in total. The number of hydrogen-bond acceptors (Lipinski definition) is 5. The Labute approximate surface area is 163 Å². The maximum atomic E-state index is 12.8. The Bertz CT molecular complexity index is 761. The van der Waals surface area contributed by atoms with E-state index in [9.17, 15) is 9.59 Å². The number of aryl methyl sites for hydroxylation is 1. The second-order valence-electron chi connectivity index (χ2n) is 6.41. The topological polar surface area (TPSA) is 59.1 Å². The first-order valence-electron chi connectivity index (χ1n) is 8.92. The SMILES string of the molecule is COc1cc(OC)cc(C(=O)N2CCN(C(=O)CCc3ccsc3)CC2)c1. The maximum absolute atomic E-state index is 12.8. The van der Waals surface area contributed by atoms with Gasteiger partial charge >= 0.3 is 0 Å². The summed E-state index contributed by atoms with van der Waals surface area (Å²) in [5, 5.41) is 4.10. The van der Waals surface area contributed by atoms with Crippen LogP contribution >= 0.6 is 11.3 Å². The van der Waals surface area contributed by atoms with E-state index in [0.717, 1.165) is 6.42 Å². The molecule has 0 unspecified atom stereocenters. The number of hydrogen-bond donors (Lipinski definition) is 0. The third-order valence-corrected chi connectivity index (χ3v) is 5.46. The van der Waals surface area contributed by atoms with Crippen molar-refractivity contribution in [2.24, 2.45) is 0 Å². The third kappa shape index (κ3) is 4.80. The van der Waals surface area contributed by atoms with Crippen molar-refractivity contribution in [2.45, 2.75) is 12.8 Å². The molecule has 0 bridgehead atoms. The van der Waals surface area contributed by atoms with Crippen molar-refractivity contribution in [3.8, 4) is 11.5 Å². The zero-order valence-electron chi connectivity index (χ0n) is 15.6. The normalized spacial score (nSPS) is 14.1. The van der Waals surface area contributed by atoms with Crippen molar-refractivity contribution < 1.29 is 19.1 Å². The standard InChI is InChI=1S/C20H24N2O4S/c1-25-17-11-16(12-18(13-17)26-2)20(24)22-8-6-21(7-9-22)19(23)4-3-15-5-10-27-14-15/h5,10-14H,3-4,6-9H2,1-2H3. The molecule has 2 heterocycles. The summed E-state index contributed by atoms with van der Waals surface area (Å²) in [4.78, 5) is 28.8. The van der Waals surface area contributed by atoms with Crippen LogP contribution < -0.4 is 9.47 Å². The fourth-order valence-corrected chi connectivity index (χ4v) is 3.82. The minimum absolute atomic E-state index is 0.0717. The van der Waals surface area contributed by atoms with Crippen LogP contribution in [0.15, 0.2) is 35.0 Å². The van der Waals surface area contributed by atoms with Gasteiger partial charge in [0.2, 0.25) is 5.91 Å². The van der Waals surface area contributed by atoms with Gasteiger partial charge < -0.3 is 19.3 Å². The minimum atomic E-state index is -0.0717. The molecule has 0 aliphatic carbocycles. The number of benzene rings is 1.